The SMILES string of the molecule is CCOP(=O)(N[C@@H]1CCCC[C@H]1CC(C)C)OCC. The average molecular weight is 291 g/mol. The van der Waals surface area contributed by atoms with Crippen LogP contribution in [-0.2, 0) is 13.6 Å². The highest BCUT2D eigenvalue weighted by molar-refractivity contribution is 7.51. The van der Waals surface area contributed by atoms with Gasteiger partial charge in [-0.25, -0.2) is 9.65 Å². The van der Waals surface area contributed by atoms with E-state index in [-0.39, 0.29) is 6.04 Å². The largest absolute Gasteiger partial charge is 0.405 e. The van der Waals surface area contributed by atoms with Gasteiger partial charge in [-0.15, -0.1) is 0 Å². The minimum absolute atomic E-state index is 0.264. The van der Waals surface area contributed by atoms with Crippen molar-refractivity contribution in [2.75, 3.05) is 13.2 Å². The average Bonchev–Trinajstić information content (AvgIpc) is 2.31. The summed E-state index contributed by atoms with van der Waals surface area (Å²) in [5.74, 6) is 1.26. The van der Waals surface area contributed by atoms with E-state index >= 15 is 0 Å². The van der Waals surface area contributed by atoms with Crippen molar-refractivity contribution in [3.8, 4) is 0 Å². The van der Waals surface area contributed by atoms with Crippen molar-refractivity contribution in [2.24, 2.45) is 11.8 Å². The molecule has 0 amide bonds. The van der Waals surface area contributed by atoms with Gasteiger partial charge in [-0.3, -0.25) is 9.05 Å². The Kier molecular flexibility index (Phi) is 7.60. The summed E-state index contributed by atoms with van der Waals surface area (Å²) in [6.07, 6.45) is 5.94. The Morgan fingerprint density at radius 2 is 1.74 bits per heavy atom. The molecule has 1 N–H and O–H groups in total. The highest BCUT2D eigenvalue weighted by Crippen LogP contribution is 2.46. The summed E-state index contributed by atoms with van der Waals surface area (Å²) in [4.78, 5) is 0. The Labute approximate surface area is 118 Å². The summed E-state index contributed by atoms with van der Waals surface area (Å²) in [5, 5.41) is 3.20. The van der Waals surface area contributed by atoms with E-state index in [1.54, 1.807) is 0 Å². The topological polar surface area (TPSA) is 47.6 Å². The molecule has 114 valence electrons. The van der Waals surface area contributed by atoms with Crippen LogP contribution in [0.2, 0.25) is 0 Å². The van der Waals surface area contributed by atoms with Gasteiger partial charge in [0.1, 0.15) is 0 Å². The smallest absolute Gasteiger partial charge is 0.297 e. The van der Waals surface area contributed by atoms with Crippen molar-refractivity contribution in [2.45, 2.75) is 65.8 Å². The van der Waals surface area contributed by atoms with Crippen molar-refractivity contribution >= 4 is 7.75 Å². The summed E-state index contributed by atoms with van der Waals surface area (Å²) in [6.45, 7) is 9.00. The van der Waals surface area contributed by atoms with E-state index in [1.807, 2.05) is 13.8 Å². The molecule has 0 aromatic rings. The van der Waals surface area contributed by atoms with Crippen LogP contribution in [0.4, 0.5) is 0 Å². The van der Waals surface area contributed by atoms with E-state index in [0.29, 0.717) is 25.0 Å². The second kappa shape index (κ2) is 8.41. The van der Waals surface area contributed by atoms with Crippen molar-refractivity contribution in [3.05, 3.63) is 0 Å². The molecule has 19 heavy (non-hydrogen) atoms. The third-order valence-corrected chi connectivity index (χ3v) is 5.45. The van der Waals surface area contributed by atoms with Crippen LogP contribution >= 0.6 is 7.75 Å². The summed E-state index contributed by atoms with van der Waals surface area (Å²) < 4.78 is 23.3. The van der Waals surface area contributed by atoms with E-state index in [4.69, 9.17) is 9.05 Å². The van der Waals surface area contributed by atoms with Gasteiger partial charge in [0, 0.05) is 6.04 Å². The molecule has 1 aliphatic rings. The minimum atomic E-state index is -3.12. The van der Waals surface area contributed by atoms with Crippen LogP contribution in [0.15, 0.2) is 0 Å². The second-order valence-electron chi connectivity index (χ2n) is 5.74. The van der Waals surface area contributed by atoms with E-state index in [2.05, 4.69) is 18.9 Å². The summed E-state index contributed by atoms with van der Waals surface area (Å²) in [5.41, 5.74) is 0. The maximum atomic E-state index is 12.6. The second-order valence-corrected chi connectivity index (χ2v) is 7.51. The van der Waals surface area contributed by atoms with E-state index < -0.39 is 7.75 Å². The fourth-order valence-corrected chi connectivity index (χ4v) is 4.57. The molecule has 5 heteroatoms. The molecule has 0 spiro atoms. The molecule has 4 nitrogen and oxygen atoms in total. The third-order valence-electron chi connectivity index (χ3n) is 3.61. The Bertz CT molecular complexity index is 286. The zero-order chi connectivity index (χ0) is 14.3. The molecule has 0 unspecified atom stereocenters. The van der Waals surface area contributed by atoms with Gasteiger partial charge in [0.25, 0.3) is 0 Å². The summed E-state index contributed by atoms with van der Waals surface area (Å²) in [7, 11) is -3.12. The predicted octanol–water partition coefficient (Wildman–Crippen LogP) is 4.36. The minimum Gasteiger partial charge on any atom is -0.297 e. The highest BCUT2D eigenvalue weighted by atomic mass is 31.2. The lowest BCUT2D eigenvalue weighted by atomic mass is 9.80. The van der Waals surface area contributed by atoms with Gasteiger partial charge in [-0.1, -0.05) is 26.7 Å². The molecule has 0 aliphatic heterocycles. The van der Waals surface area contributed by atoms with Gasteiger partial charge in [0.2, 0.25) is 0 Å². The first kappa shape index (κ1) is 17.2. The van der Waals surface area contributed by atoms with Crippen molar-refractivity contribution in [3.63, 3.8) is 0 Å². The van der Waals surface area contributed by atoms with Crippen LogP contribution in [-0.4, -0.2) is 19.3 Å². The van der Waals surface area contributed by atoms with Crippen LogP contribution in [0.5, 0.6) is 0 Å². The summed E-state index contributed by atoms with van der Waals surface area (Å²) in [6, 6.07) is 0.264. The Morgan fingerprint density at radius 3 is 2.26 bits per heavy atom. The molecular formula is C14H30NO3P. The van der Waals surface area contributed by atoms with Gasteiger partial charge in [-0.05, 0) is 44.9 Å². The van der Waals surface area contributed by atoms with E-state index in [9.17, 15) is 4.57 Å². The van der Waals surface area contributed by atoms with Gasteiger partial charge in [-0.2, -0.15) is 0 Å². The number of rotatable bonds is 8. The quantitative estimate of drug-likeness (QED) is 0.675. The normalized spacial score (nSPS) is 24.9. The Morgan fingerprint density at radius 1 is 1.16 bits per heavy atom. The molecule has 0 saturated heterocycles. The molecule has 1 aliphatic carbocycles. The maximum Gasteiger partial charge on any atom is 0.405 e. The molecule has 1 saturated carbocycles. The predicted molar refractivity (Wildman–Crippen MR) is 79.2 cm³/mol. The molecule has 1 fully saturated rings. The lowest BCUT2D eigenvalue weighted by molar-refractivity contribution is 0.184. The first-order chi connectivity index (χ1) is 9.00. The van der Waals surface area contributed by atoms with Crippen LogP contribution in [0.3, 0.4) is 0 Å². The molecule has 0 aromatic carbocycles. The van der Waals surface area contributed by atoms with Crippen LogP contribution < -0.4 is 5.09 Å². The zero-order valence-electron chi connectivity index (χ0n) is 12.9. The van der Waals surface area contributed by atoms with Gasteiger partial charge in [0.05, 0.1) is 13.2 Å². The molecular weight excluding hydrogens is 261 g/mol. The number of hydrogen-bond donors (Lipinski definition) is 1. The van der Waals surface area contributed by atoms with Crippen LogP contribution in [0.1, 0.15) is 59.8 Å². The number of nitrogens with one attached hydrogen (secondary N) is 1. The van der Waals surface area contributed by atoms with Gasteiger partial charge < -0.3 is 0 Å². The fourth-order valence-electron chi connectivity index (χ4n) is 2.92. The number of hydrogen-bond acceptors (Lipinski definition) is 3. The molecule has 0 aromatic heterocycles. The molecule has 0 heterocycles. The molecule has 1 rings (SSSR count). The first-order valence-electron chi connectivity index (χ1n) is 7.67. The lowest BCUT2D eigenvalue weighted by Crippen LogP contribution is -2.38. The maximum absolute atomic E-state index is 12.6. The third kappa shape index (κ3) is 5.95. The van der Waals surface area contributed by atoms with Crippen LogP contribution in [0.25, 0.3) is 0 Å². The van der Waals surface area contributed by atoms with Crippen molar-refractivity contribution < 1.29 is 13.6 Å². The molecule has 0 radical (unpaired) electrons. The standard InChI is InChI=1S/C14H30NO3P/c1-5-17-19(16,18-6-2)15-14-10-8-7-9-13(14)11-12(3)4/h12-14H,5-11H2,1-4H3,(H,15,16)/t13-,14+/m0/s1. The zero-order valence-corrected chi connectivity index (χ0v) is 13.7. The van der Waals surface area contributed by atoms with Crippen molar-refractivity contribution in [1.29, 1.82) is 0 Å². The van der Waals surface area contributed by atoms with Crippen molar-refractivity contribution in [1.82, 2.24) is 5.09 Å². The van der Waals surface area contributed by atoms with Gasteiger partial charge in [0.15, 0.2) is 0 Å². The highest BCUT2D eigenvalue weighted by Gasteiger charge is 2.33. The lowest BCUT2D eigenvalue weighted by Gasteiger charge is -2.35. The monoisotopic (exact) mass is 291 g/mol. The van der Waals surface area contributed by atoms with E-state index in [1.165, 1.54) is 25.7 Å². The Hall–Kier alpha value is 0.110. The first-order valence-corrected chi connectivity index (χ1v) is 9.22. The van der Waals surface area contributed by atoms with E-state index in [0.717, 1.165) is 6.42 Å². The fraction of sp³-hybridized carbons (Fsp3) is 1.00. The summed E-state index contributed by atoms with van der Waals surface area (Å²) >= 11 is 0. The Balaban J connectivity index is 2.65. The molecule has 0 bridgehead atoms. The van der Waals surface area contributed by atoms with Gasteiger partial charge >= 0.3 is 7.75 Å². The molecule has 2 atom stereocenters. The van der Waals surface area contributed by atoms with Crippen LogP contribution in [0, 0.1) is 11.8 Å².